The number of halogens is 1. The fraction of sp³-hybridized carbons (Fsp3) is 0.355. The number of hydrogen-bond acceptors (Lipinski definition) is 5. The lowest BCUT2D eigenvalue weighted by Gasteiger charge is -2.56. The van der Waals surface area contributed by atoms with Crippen LogP contribution in [0.15, 0.2) is 84.0 Å². The molecule has 4 aromatic rings. The topological polar surface area (TPSA) is 85.1 Å². The van der Waals surface area contributed by atoms with Gasteiger partial charge in [-0.3, -0.25) is 4.98 Å². The Morgan fingerprint density at radius 3 is 2.49 bits per heavy atom. The van der Waals surface area contributed by atoms with Crippen LogP contribution in [0.5, 0.6) is 0 Å². The van der Waals surface area contributed by atoms with E-state index in [1.807, 2.05) is 48.1 Å². The molecule has 1 fully saturated rings. The van der Waals surface area contributed by atoms with E-state index in [0.717, 1.165) is 22.5 Å². The average Bonchev–Trinajstić information content (AvgIpc) is 3.34. The predicted molar refractivity (Wildman–Crippen MR) is 147 cm³/mol. The molecule has 1 saturated carbocycles. The first-order valence-corrected chi connectivity index (χ1v) is 14.9. The van der Waals surface area contributed by atoms with Gasteiger partial charge in [0.2, 0.25) is 0 Å². The summed E-state index contributed by atoms with van der Waals surface area (Å²) in [5.74, 6) is -0.305. The van der Waals surface area contributed by atoms with Crippen molar-refractivity contribution in [2.24, 2.45) is 11.3 Å². The Morgan fingerprint density at radius 2 is 1.79 bits per heavy atom. The molecule has 6 nitrogen and oxygen atoms in total. The summed E-state index contributed by atoms with van der Waals surface area (Å²) in [6, 6.07) is 18.8. The van der Waals surface area contributed by atoms with E-state index < -0.39 is 26.1 Å². The standard InChI is InChI=1S/C31H32FN3O3S/c1-21-6-13-26(14-7-21)39(37,38)27-15-8-23-17-28-22(20-34-35(28)25-11-9-24(32)10-12-25)18-31(23,19-27)30(2,36)29-5-3-4-16-33-29/h3-7,9-14,16,20,23,27,36H,8,15,17-19H2,1-2H3/t23?,27-,30?,31+/m1/s1. The van der Waals surface area contributed by atoms with Crippen LogP contribution in [0, 0.1) is 24.1 Å². The van der Waals surface area contributed by atoms with Crippen molar-refractivity contribution in [1.82, 2.24) is 14.8 Å². The Bertz CT molecular complexity index is 1600. The lowest BCUT2D eigenvalue weighted by Crippen LogP contribution is -2.57. The number of benzene rings is 2. The van der Waals surface area contributed by atoms with E-state index in [1.165, 1.54) is 12.1 Å². The summed E-state index contributed by atoms with van der Waals surface area (Å²) in [5, 5.41) is 16.4. The highest BCUT2D eigenvalue weighted by molar-refractivity contribution is 7.92. The third-order valence-corrected chi connectivity index (χ3v) is 11.3. The summed E-state index contributed by atoms with van der Waals surface area (Å²) >= 11 is 0. The molecule has 39 heavy (non-hydrogen) atoms. The fourth-order valence-electron chi connectivity index (χ4n) is 6.86. The first kappa shape index (κ1) is 25.9. The monoisotopic (exact) mass is 545 g/mol. The van der Waals surface area contributed by atoms with Gasteiger partial charge in [0.1, 0.15) is 11.4 Å². The second-order valence-corrected chi connectivity index (χ2v) is 13.5. The minimum atomic E-state index is -3.62. The predicted octanol–water partition coefficient (Wildman–Crippen LogP) is 5.35. The van der Waals surface area contributed by atoms with E-state index in [1.54, 1.807) is 37.4 Å². The van der Waals surface area contributed by atoms with E-state index in [9.17, 15) is 17.9 Å². The van der Waals surface area contributed by atoms with Crippen LogP contribution >= 0.6 is 0 Å². The third kappa shape index (κ3) is 4.21. The second-order valence-electron chi connectivity index (χ2n) is 11.3. The maximum Gasteiger partial charge on any atom is 0.181 e. The van der Waals surface area contributed by atoms with Crippen molar-refractivity contribution < 1.29 is 17.9 Å². The van der Waals surface area contributed by atoms with Crippen molar-refractivity contribution in [2.45, 2.75) is 61.7 Å². The maximum absolute atomic E-state index is 13.9. The lowest BCUT2D eigenvalue weighted by molar-refractivity contribution is -0.135. The molecule has 202 valence electrons. The van der Waals surface area contributed by atoms with Crippen molar-refractivity contribution in [1.29, 1.82) is 0 Å². The van der Waals surface area contributed by atoms with Gasteiger partial charge in [-0.15, -0.1) is 0 Å². The Labute approximate surface area is 228 Å². The molecule has 0 spiro atoms. The summed E-state index contributed by atoms with van der Waals surface area (Å²) in [6.07, 6.45) is 6.06. The van der Waals surface area contributed by atoms with E-state index >= 15 is 0 Å². The SMILES string of the molecule is Cc1ccc(S(=O)(=O)[C@@H]2CCC3Cc4c(cnn4-c4ccc(F)cc4)C[C@]3(C(C)(O)c3ccccn3)C2)cc1. The fourth-order valence-corrected chi connectivity index (χ4v) is 8.73. The number of fused-ring (bicyclic) bond motifs is 2. The number of hydrogen-bond donors (Lipinski definition) is 1. The number of aliphatic hydroxyl groups is 1. The van der Waals surface area contributed by atoms with Gasteiger partial charge >= 0.3 is 0 Å². The maximum atomic E-state index is 13.9. The highest BCUT2D eigenvalue weighted by Gasteiger charge is 2.60. The average molecular weight is 546 g/mol. The number of nitrogens with zero attached hydrogens (tertiary/aromatic N) is 3. The molecule has 2 aromatic heterocycles. The van der Waals surface area contributed by atoms with E-state index in [2.05, 4.69) is 10.1 Å². The van der Waals surface area contributed by atoms with Crippen LogP contribution in [0.3, 0.4) is 0 Å². The summed E-state index contributed by atoms with van der Waals surface area (Å²) in [5.41, 5.74) is 2.17. The Balaban J connectivity index is 1.45. The van der Waals surface area contributed by atoms with Gasteiger partial charge in [0.15, 0.2) is 9.84 Å². The van der Waals surface area contributed by atoms with Gasteiger partial charge in [-0.2, -0.15) is 5.10 Å². The largest absolute Gasteiger partial charge is 0.383 e. The van der Waals surface area contributed by atoms with Crippen LogP contribution in [-0.4, -0.2) is 33.5 Å². The summed E-state index contributed by atoms with van der Waals surface area (Å²) in [4.78, 5) is 4.85. The molecule has 0 aliphatic heterocycles. The molecule has 0 amide bonds. The molecule has 4 atom stereocenters. The van der Waals surface area contributed by atoms with Gasteiger partial charge in [0, 0.05) is 17.3 Å². The van der Waals surface area contributed by atoms with Crippen LogP contribution in [-0.2, 0) is 28.3 Å². The van der Waals surface area contributed by atoms with Crippen LogP contribution in [0.4, 0.5) is 4.39 Å². The van der Waals surface area contributed by atoms with Gasteiger partial charge in [0.05, 0.1) is 27.7 Å². The molecule has 0 bridgehead atoms. The smallest absolute Gasteiger partial charge is 0.181 e. The highest BCUT2D eigenvalue weighted by atomic mass is 32.2. The van der Waals surface area contributed by atoms with Gasteiger partial charge < -0.3 is 5.11 Å². The zero-order valence-electron chi connectivity index (χ0n) is 22.1. The normalized spacial score (nSPS) is 24.4. The molecule has 1 N–H and O–H groups in total. The minimum Gasteiger partial charge on any atom is -0.383 e. The number of aryl methyl sites for hydroxylation is 1. The van der Waals surface area contributed by atoms with Crippen LogP contribution in [0.25, 0.3) is 5.69 Å². The summed E-state index contributed by atoms with van der Waals surface area (Å²) < 4.78 is 43.2. The Morgan fingerprint density at radius 1 is 1.05 bits per heavy atom. The van der Waals surface area contributed by atoms with Crippen LogP contribution in [0.2, 0.25) is 0 Å². The minimum absolute atomic E-state index is 0.00220. The quantitative estimate of drug-likeness (QED) is 0.366. The number of rotatable bonds is 5. The van der Waals surface area contributed by atoms with Crippen molar-refractivity contribution in [2.75, 3.05) is 0 Å². The van der Waals surface area contributed by atoms with Gasteiger partial charge in [-0.25, -0.2) is 17.5 Å². The molecule has 8 heteroatoms. The molecule has 6 rings (SSSR count). The number of aromatic nitrogens is 3. The van der Waals surface area contributed by atoms with Gasteiger partial charge in [-0.1, -0.05) is 23.8 Å². The zero-order chi connectivity index (χ0) is 27.4. The molecular weight excluding hydrogens is 513 g/mol. The van der Waals surface area contributed by atoms with E-state index in [-0.39, 0.29) is 11.7 Å². The number of sulfone groups is 1. The molecule has 2 heterocycles. The third-order valence-electron chi connectivity index (χ3n) is 9.10. The second kappa shape index (κ2) is 9.38. The molecule has 2 unspecified atom stereocenters. The van der Waals surface area contributed by atoms with Crippen LogP contribution < -0.4 is 0 Å². The van der Waals surface area contributed by atoms with E-state index in [4.69, 9.17) is 0 Å². The molecule has 2 aromatic carbocycles. The molecule has 0 saturated heterocycles. The molecule has 2 aliphatic rings. The molecular formula is C31H32FN3O3S. The molecule has 0 radical (unpaired) electrons. The highest BCUT2D eigenvalue weighted by Crippen LogP contribution is 2.59. The summed E-state index contributed by atoms with van der Waals surface area (Å²) in [7, 11) is -3.62. The van der Waals surface area contributed by atoms with Crippen molar-refractivity contribution in [3.63, 3.8) is 0 Å². The van der Waals surface area contributed by atoms with Crippen LogP contribution in [0.1, 0.15) is 48.7 Å². The van der Waals surface area contributed by atoms with E-state index in [0.29, 0.717) is 42.7 Å². The van der Waals surface area contributed by atoms with Gasteiger partial charge in [0.25, 0.3) is 0 Å². The lowest BCUT2D eigenvalue weighted by atomic mass is 9.51. The molecule has 2 aliphatic carbocycles. The Kier molecular flexibility index (Phi) is 6.23. The number of pyridine rings is 1. The first-order valence-electron chi connectivity index (χ1n) is 13.4. The summed E-state index contributed by atoms with van der Waals surface area (Å²) in [6.45, 7) is 3.73. The zero-order valence-corrected chi connectivity index (χ0v) is 22.9. The first-order chi connectivity index (χ1) is 18.6. The van der Waals surface area contributed by atoms with Gasteiger partial charge in [-0.05, 0) is 106 Å². The Hall–Kier alpha value is -3.36. The van der Waals surface area contributed by atoms with Crippen molar-refractivity contribution in [3.8, 4) is 5.69 Å². The van der Waals surface area contributed by atoms with Crippen molar-refractivity contribution >= 4 is 9.84 Å². The van der Waals surface area contributed by atoms with Crippen molar-refractivity contribution in [3.05, 3.63) is 107 Å².